The second-order valence-corrected chi connectivity index (χ2v) is 4.27. The van der Waals surface area contributed by atoms with Gasteiger partial charge in [0.05, 0.1) is 0 Å². The number of hydrogen-bond donors (Lipinski definition) is 2. The Morgan fingerprint density at radius 3 is 2.85 bits per heavy atom. The van der Waals surface area contributed by atoms with Gasteiger partial charge in [-0.05, 0) is 25.5 Å². The lowest BCUT2D eigenvalue weighted by Crippen LogP contribution is -2.23. The zero-order chi connectivity index (χ0) is 14.2. The lowest BCUT2D eigenvalue weighted by atomic mass is 10.3. The Labute approximate surface area is 117 Å². The summed E-state index contributed by atoms with van der Waals surface area (Å²) in [5.41, 5.74) is 1.08. The fraction of sp³-hybridized carbons (Fsp3) is 0.357. The summed E-state index contributed by atoms with van der Waals surface area (Å²) in [4.78, 5) is 15.5. The molecule has 2 N–H and O–H groups in total. The van der Waals surface area contributed by atoms with E-state index in [0.717, 1.165) is 18.7 Å². The van der Waals surface area contributed by atoms with E-state index in [9.17, 15) is 4.79 Å². The predicted molar refractivity (Wildman–Crippen MR) is 75.6 cm³/mol. The number of anilines is 1. The van der Waals surface area contributed by atoms with Crippen molar-refractivity contribution in [2.75, 3.05) is 18.4 Å². The second kappa shape index (κ2) is 7.28. The Morgan fingerprint density at radius 1 is 1.30 bits per heavy atom. The topological polar surface area (TPSA) is 80.0 Å². The summed E-state index contributed by atoms with van der Waals surface area (Å²) in [6, 6.07) is 9.98. The average molecular weight is 274 g/mol. The number of benzene rings is 1. The molecule has 6 nitrogen and oxygen atoms in total. The zero-order valence-electron chi connectivity index (χ0n) is 11.4. The van der Waals surface area contributed by atoms with Gasteiger partial charge in [0.2, 0.25) is 5.89 Å². The van der Waals surface area contributed by atoms with Crippen LogP contribution in [0.1, 0.15) is 29.9 Å². The van der Waals surface area contributed by atoms with E-state index in [1.807, 2.05) is 37.3 Å². The number of carbonyl (C=O) groups excluding carboxylic acids is 1. The van der Waals surface area contributed by atoms with Gasteiger partial charge in [0.25, 0.3) is 11.7 Å². The van der Waals surface area contributed by atoms with Gasteiger partial charge in [-0.1, -0.05) is 23.4 Å². The minimum Gasteiger partial charge on any atom is -0.385 e. The molecule has 20 heavy (non-hydrogen) atoms. The molecule has 0 saturated carbocycles. The SMILES string of the molecule is CCNC(=O)c1noc(CCCNc2ccccc2)n1. The molecule has 2 aromatic rings. The molecule has 0 aliphatic heterocycles. The van der Waals surface area contributed by atoms with Crippen molar-refractivity contribution >= 4 is 11.6 Å². The molecule has 2 rings (SSSR count). The van der Waals surface area contributed by atoms with Gasteiger partial charge in [0, 0.05) is 25.2 Å². The first-order valence-corrected chi connectivity index (χ1v) is 6.69. The Balaban J connectivity index is 1.73. The number of amides is 1. The minimum atomic E-state index is -0.301. The van der Waals surface area contributed by atoms with Crippen molar-refractivity contribution < 1.29 is 9.32 Å². The Morgan fingerprint density at radius 2 is 2.10 bits per heavy atom. The van der Waals surface area contributed by atoms with Crippen LogP contribution in [-0.4, -0.2) is 29.1 Å². The Hall–Kier alpha value is -2.37. The summed E-state index contributed by atoms with van der Waals surface area (Å²) in [5.74, 6) is 0.281. The van der Waals surface area contributed by atoms with E-state index in [4.69, 9.17) is 4.52 Å². The molecule has 1 heterocycles. The molecule has 0 spiro atoms. The molecule has 1 aromatic carbocycles. The standard InChI is InChI=1S/C14H18N4O2/c1-2-15-14(19)13-17-12(20-18-13)9-6-10-16-11-7-4-3-5-8-11/h3-5,7-8,16H,2,6,9-10H2,1H3,(H,15,19). The molecule has 0 unspecified atom stereocenters. The van der Waals surface area contributed by atoms with E-state index < -0.39 is 0 Å². The number of hydrogen-bond acceptors (Lipinski definition) is 5. The molecular formula is C14H18N4O2. The first-order chi connectivity index (χ1) is 9.79. The van der Waals surface area contributed by atoms with Gasteiger partial charge in [-0.2, -0.15) is 4.98 Å². The lowest BCUT2D eigenvalue weighted by Gasteiger charge is -2.03. The molecule has 0 saturated heterocycles. The van der Waals surface area contributed by atoms with Crippen LogP contribution in [0.3, 0.4) is 0 Å². The monoisotopic (exact) mass is 274 g/mol. The fourth-order valence-electron chi connectivity index (χ4n) is 1.72. The Bertz CT molecular complexity index is 539. The van der Waals surface area contributed by atoms with Crippen LogP contribution in [-0.2, 0) is 6.42 Å². The number of rotatable bonds is 7. The molecule has 0 aliphatic rings. The van der Waals surface area contributed by atoms with Crippen LogP contribution >= 0.6 is 0 Å². The van der Waals surface area contributed by atoms with E-state index in [2.05, 4.69) is 20.8 Å². The van der Waals surface area contributed by atoms with Gasteiger partial charge in [0.15, 0.2) is 0 Å². The van der Waals surface area contributed by atoms with Gasteiger partial charge in [-0.3, -0.25) is 4.79 Å². The maximum absolute atomic E-state index is 11.5. The first kappa shape index (κ1) is 14.0. The van der Waals surface area contributed by atoms with Gasteiger partial charge in [-0.25, -0.2) is 0 Å². The third kappa shape index (κ3) is 4.08. The second-order valence-electron chi connectivity index (χ2n) is 4.27. The fourth-order valence-corrected chi connectivity index (χ4v) is 1.72. The molecule has 6 heteroatoms. The lowest BCUT2D eigenvalue weighted by molar-refractivity contribution is 0.0942. The van der Waals surface area contributed by atoms with E-state index >= 15 is 0 Å². The molecule has 0 radical (unpaired) electrons. The maximum Gasteiger partial charge on any atom is 0.292 e. The van der Waals surface area contributed by atoms with Crippen LogP contribution in [0.15, 0.2) is 34.9 Å². The zero-order valence-corrected chi connectivity index (χ0v) is 11.4. The van der Waals surface area contributed by atoms with Crippen LogP contribution < -0.4 is 10.6 Å². The summed E-state index contributed by atoms with van der Waals surface area (Å²) in [7, 11) is 0. The molecule has 0 aliphatic carbocycles. The van der Waals surface area contributed by atoms with Crippen molar-refractivity contribution in [3.8, 4) is 0 Å². The summed E-state index contributed by atoms with van der Waals surface area (Å²) < 4.78 is 5.03. The van der Waals surface area contributed by atoms with Crippen molar-refractivity contribution in [1.82, 2.24) is 15.5 Å². The summed E-state index contributed by atoms with van der Waals surface area (Å²) in [6.07, 6.45) is 1.50. The maximum atomic E-state index is 11.5. The van der Waals surface area contributed by atoms with E-state index in [0.29, 0.717) is 18.9 Å². The summed E-state index contributed by atoms with van der Waals surface area (Å²) in [6.45, 7) is 3.20. The summed E-state index contributed by atoms with van der Waals surface area (Å²) in [5, 5.41) is 9.58. The average Bonchev–Trinajstić information content (AvgIpc) is 2.94. The number of para-hydroxylation sites is 1. The van der Waals surface area contributed by atoms with Crippen LogP contribution in [0, 0.1) is 0 Å². The smallest absolute Gasteiger partial charge is 0.292 e. The van der Waals surface area contributed by atoms with Crippen molar-refractivity contribution in [2.24, 2.45) is 0 Å². The quantitative estimate of drug-likeness (QED) is 0.753. The molecule has 1 amide bonds. The molecular weight excluding hydrogens is 256 g/mol. The first-order valence-electron chi connectivity index (χ1n) is 6.69. The summed E-state index contributed by atoms with van der Waals surface area (Å²) >= 11 is 0. The predicted octanol–water partition coefficient (Wildman–Crippen LogP) is 1.86. The highest BCUT2D eigenvalue weighted by molar-refractivity contribution is 5.90. The normalized spacial score (nSPS) is 10.2. The number of carbonyl (C=O) groups is 1. The number of nitrogens with one attached hydrogen (secondary N) is 2. The molecule has 0 atom stereocenters. The third-order valence-electron chi connectivity index (χ3n) is 2.68. The molecule has 1 aromatic heterocycles. The van der Waals surface area contributed by atoms with E-state index in [1.54, 1.807) is 0 Å². The van der Waals surface area contributed by atoms with Gasteiger partial charge in [0.1, 0.15) is 0 Å². The number of aryl methyl sites for hydroxylation is 1. The number of nitrogens with zero attached hydrogens (tertiary/aromatic N) is 2. The Kier molecular flexibility index (Phi) is 5.11. The van der Waals surface area contributed by atoms with Crippen molar-refractivity contribution in [2.45, 2.75) is 19.8 Å². The van der Waals surface area contributed by atoms with Gasteiger partial charge < -0.3 is 15.2 Å². The van der Waals surface area contributed by atoms with Crippen LogP contribution in [0.25, 0.3) is 0 Å². The largest absolute Gasteiger partial charge is 0.385 e. The van der Waals surface area contributed by atoms with E-state index in [1.165, 1.54) is 0 Å². The molecule has 0 fully saturated rings. The highest BCUT2D eigenvalue weighted by Gasteiger charge is 2.12. The van der Waals surface area contributed by atoms with Crippen LogP contribution in [0.5, 0.6) is 0 Å². The highest BCUT2D eigenvalue weighted by Crippen LogP contribution is 2.06. The minimum absolute atomic E-state index is 0.0952. The highest BCUT2D eigenvalue weighted by atomic mass is 16.5. The van der Waals surface area contributed by atoms with Gasteiger partial charge in [-0.15, -0.1) is 0 Å². The van der Waals surface area contributed by atoms with Crippen molar-refractivity contribution in [3.05, 3.63) is 42.0 Å². The molecule has 0 bridgehead atoms. The van der Waals surface area contributed by atoms with Crippen molar-refractivity contribution in [3.63, 3.8) is 0 Å². The van der Waals surface area contributed by atoms with Crippen LogP contribution in [0.2, 0.25) is 0 Å². The molecule has 106 valence electrons. The van der Waals surface area contributed by atoms with Gasteiger partial charge >= 0.3 is 0 Å². The third-order valence-corrected chi connectivity index (χ3v) is 2.68. The number of aromatic nitrogens is 2. The van der Waals surface area contributed by atoms with E-state index in [-0.39, 0.29) is 11.7 Å². The van der Waals surface area contributed by atoms with Crippen LogP contribution in [0.4, 0.5) is 5.69 Å². The van der Waals surface area contributed by atoms with Crippen molar-refractivity contribution in [1.29, 1.82) is 0 Å².